The summed E-state index contributed by atoms with van der Waals surface area (Å²) in [5.74, 6) is 0.00644. The van der Waals surface area contributed by atoms with Crippen molar-refractivity contribution < 1.29 is 9.53 Å². The predicted octanol–water partition coefficient (Wildman–Crippen LogP) is -0.107. The molecule has 0 spiro atoms. The zero-order chi connectivity index (χ0) is 12.8. The van der Waals surface area contributed by atoms with E-state index in [4.69, 9.17) is 4.74 Å². The van der Waals surface area contributed by atoms with E-state index >= 15 is 0 Å². The molecule has 2 rings (SSSR count). The number of morpholine rings is 1. The first-order valence-electron chi connectivity index (χ1n) is 6.34. The molecule has 0 bridgehead atoms. The van der Waals surface area contributed by atoms with Crippen molar-refractivity contribution in [3.8, 4) is 0 Å². The van der Waals surface area contributed by atoms with E-state index in [9.17, 15) is 4.79 Å². The maximum Gasteiger partial charge on any atom is 0.244 e. The van der Waals surface area contributed by atoms with Gasteiger partial charge >= 0.3 is 0 Å². The Morgan fingerprint density at radius 1 is 1.50 bits per heavy atom. The number of carbonyl (C=O) groups excluding carboxylic acids is 1. The highest BCUT2D eigenvalue weighted by Gasteiger charge is 2.15. The smallest absolute Gasteiger partial charge is 0.244 e. The van der Waals surface area contributed by atoms with E-state index in [1.54, 1.807) is 17.1 Å². The third-order valence-corrected chi connectivity index (χ3v) is 3.13. The summed E-state index contributed by atoms with van der Waals surface area (Å²) in [4.78, 5) is 14.2. The summed E-state index contributed by atoms with van der Waals surface area (Å²) in [6, 6.07) is 1.56. The van der Waals surface area contributed by atoms with Crippen LogP contribution in [0.25, 0.3) is 0 Å². The number of rotatable bonds is 5. The summed E-state index contributed by atoms with van der Waals surface area (Å²) < 4.78 is 6.93. The first kappa shape index (κ1) is 13.0. The fraction of sp³-hybridized carbons (Fsp3) is 0.667. The lowest BCUT2D eigenvalue weighted by Gasteiger charge is -2.26. The molecular formula is C12H20N4O2. The van der Waals surface area contributed by atoms with Crippen LogP contribution < -0.4 is 5.32 Å². The van der Waals surface area contributed by atoms with Gasteiger partial charge in [-0.25, -0.2) is 0 Å². The normalized spacial score (nSPS) is 18.5. The summed E-state index contributed by atoms with van der Waals surface area (Å²) in [5.41, 5.74) is 0. The number of hydrogen-bond acceptors (Lipinski definition) is 4. The van der Waals surface area contributed by atoms with Gasteiger partial charge in [0.25, 0.3) is 0 Å². The van der Waals surface area contributed by atoms with Gasteiger partial charge in [-0.2, -0.15) is 5.10 Å². The Bertz CT molecular complexity index is 360. The zero-order valence-corrected chi connectivity index (χ0v) is 10.7. The summed E-state index contributed by atoms with van der Waals surface area (Å²) in [6.45, 7) is 6.87. The first-order chi connectivity index (χ1) is 8.77. The molecule has 1 amide bonds. The molecule has 1 aromatic rings. The van der Waals surface area contributed by atoms with Crippen molar-refractivity contribution in [1.29, 1.82) is 0 Å². The lowest BCUT2D eigenvalue weighted by molar-refractivity contribution is -0.124. The maximum absolute atomic E-state index is 11.9. The Labute approximate surface area is 107 Å². The lowest BCUT2D eigenvalue weighted by Crippen LogP contribution is -2.42. The van der Waals surface area contributed by atoms with Crippen LogP contribution in [0.1, 0.15) is 13.0 Å². The second-order valence-electron chi connectivity index (χ2n) is 4.41. The Kier molecular flexibility index (Phi) is 4.72. The number of nitrogens with zero attached hydrogens (tertiary/aromatic N) is 3. The molecule has 1 saturated heterocycles. The maximum atomic E-state index is 11.9. The average molecular weight is 252 g/mol. The fourth-order valence-electron chi connectivity index (χ4n) is 1.94. The highest BCUT2D eigenvalue weighted by atomic mass is 16.5. The molecule has 0 unspecified atom stereocenters. The van der Waals surface area contributed by atoms with Gasteiger partial charge in [-0.05, 0) is 13.0 Å². The Morgan fingerprint density at radius 2 is 2.28 bits per heavy atom. The first-order valence-corrected chi connectivity index (χ1v) is 6.34. The molecule has 0 radical (unpaired) electrons. The van der Waals surface area contributed by atoms with E-state index in [-0.39, 0.29) is 11.9 Å². The molecule has 1 atom stereocenters. The number of carbonyl (C=O) groups is 1. The molecule has 18 heavy (non-hydrogen) atoms. The van der Waals surface area contributed by atoms with E-state index in [2.05, 4.69) is 15.3 Å². The van der Waals surface area contributed by atoms with Gasteiger partial charge < -0.3 is 10.1 Å². The molecule has 0 saturated carbocycles. The standard InChI is InChI=1S/C12H20N4O2/c1-11(16-5-2-3-14-16)12(17)13-4-6-15-7-9-18-10-8-15/h2-3,5,11H,4,6-10H2,1H3,(H,13,17)/t11-/m1/s1. The van der Waals surface area contributed by atoms with Crippen molar-refractivity contribution >= 4 is 5.91 Å². The van der Waals surface area contributed by atoms with Gasteiger partial charge in [-0.1, -0.05) is 0 Å². The predicted molar refractivity (Wildman–Crippen MR) is 67.2 cm³/mol. The van der Waals surface area contributed by atoms with E-state index in [0.29, 0.717) is 6.54 Å². The van der Waals surface area contributed by atoms with Gasteiger partial charge in [0.1, 0.15) is 6.04 Å². The van der Waals surface area contributed by atoms with Gasteiger partial charge in [-0.15, -0.1) is 0 Å². The molecule has 100 valence electrons. The van der Waals surface area contributed by atoms with Crippen molar-refractivity contribution in [2.24, 2.45) is 0 Å². The van der Waals surface area contributed by atoms with Crippen LogP contribution in [-0.4, -0.2) is 60.0 Å². The number of hydrogen-bond donors (Lipinski definition) is 1. The van der Waals surface area contributed by atoms with Gasteiger partial charge in [0.05, 0.1) is 13.2 Å². The second kappa shape index (κ2) is 6.51. The van der Waals surface area contributed by atoms with Crippen molar-refractivity contribution in [1.82, 2.24) is 20.0 Å². The van der Waals surface area contributed by atoms with E-state index < -0.39 is 0 Å². The lowest BCUT2D eigenvalue weighted by atomic mass is 10.3. The van der Waals surface area contributed by atoms with E-state index in [1.165, 1.54) is 0 Å². The van der Waals surface area contributed by atoms with Crippen LogP contribution in [0, 0.1) is 0 Å². The van der Waals surface area contributed by atoms with Crippen LogP contribution in [0.2, 0.25) is 0 Å². The largest absolute Gasteiger partial charge is 0.379 e. The Morgan fingerprint density at radius 3 is 2.94 bits per heavy atom. The number of ether oxygens (including phenoxy) is 1. The second-order valence-corrected chi connectivity index (χ2v) is 4.41. The summed E-state index contributed by atoms with van der Waals surface area (Å²) in [7, 11) is 0. The molecule has 6 heteroatoms. The fourth-order valence-corrected chi connectivity index (χ4v) is 1.94. The summed E-state index contributed by atoms with van der Waals surface area (Å²) in [5, 5.41) is 7.00. The Hall–Kier alpha value is -1.40. The minimum absolute atomic E-state index is 0.00644. The van der Waals surface area contributed by atoms with Crippen LogP contribution >= 0.6 is 0 Å². The molecule has 0 aliphatic carbocycles. The minimum Gasteiger partial charge on any atom is -0.379 e. The zero-order valence-electron chi connectivity index (χ0n) is 10.7. The topological polar surface area (TPSA) is 59.4 Å². The van der Waals surface area contributed by atoms with Crippen LogP contribution in [0.5, 0.6) is 0 Å². The molecule has 2 heterocycles. The molecule has 1 aliphatic heterocycles. The highest BCUT2D eigenvalue weighted by Crippen LogP contribution is 2.02. The highest BCUT2D eigenvalue weighted by molar-refractivity contribution is 5.79. The number of aromatic nitrogens is 2. The van der Waals surface area contributed by atoms with Crippen molar-refractivity contribution in [2.45, 2.75) is 13.0 Å². The molecule has 1 aliphatic rings. The third kappa shape index (κ3) is 3.54. The molecule has 1 fully saturated rings. The third-order valence-electron chi connectivity index (χ3n) is 3.13. The van der Waals surface area contributed by atoms with Crippen LogP contribution in [0.4, 0.5) is 0 Å². The molecule has 1 N–H and O–H groups in total. The number of amides is 1. The molecular weight excluding hydrogens is 232 g/mol. The SMILES string of the molecule is C[C@H](C(=O)NCCN1CCOCC1)n1cccn1. The molecule has 1 aromatic heterocycles. The quantitative estimate of drug-likeness (QED) is 0.794. The van der Waals surface area contributed by atoms with Gasteiger partial charge in [0.2, 0.25) is 5.91 Å². The Balaban J connectivity index is 1.68. The van der Waals surface area contributed by atoms with Crippen molar-refractivity contribution in [3.05, 3.63) is 18.5 Å². The van der Waals surface area contributed by atoms with Crippen molar-refractivity contribution in [2.75, 3.05) is 39.4 Å². The van der Waals surface area contributed by atoms with Gasteiger partial charge in [-0.3, -0.25) is 14.4 Å². The van der Waals surface area contributed by atoms with Crippen molar-refractivity contribution in [3.63, 3.8) is 0 Å². The summed E-state index contributed by atoms with van der Waals surface area (Å²) in [6.07, 6.45) is 3.48. The molecule has 6 nitrogen and oxygen atoms in total. The minimum atomic E-state index is -0.260. The summed E-state index contributed by atoms with van der Waals surface area (Å²) >= 11 is 0. The molecule has 0 aromatic carbocycles. The number of nitrogens with one attached hydrogen (secondary N) is 1. The monoisotopic (exact) mass is 252 g/mol. The van der Waals surface area contributed by atoms with Crippen LogP contribution in [-0.2, 0) is 9.53 Å². The van der Waals surface area contributed by atoms with Gasteiger partial charge in [0, 0.05) is 38.6 Å². The van der Waals surface area contributed by atoms with Gasteiger partial charge in [0.15, 0.2) is 0 Å². The van der Waals surface area contributed by atoms with E-state index in [1.807, 2.05) is 13.0 Å². The van der Waals surface area contributed by atoms with Crippen LogP contribution in [0.15, 0.2) is 18.5 Å². The van der Waals surface area contributed by atoms with E-state index in [0.717, 1.165) is 32.8 Å². The average Bonchev–Trinajstić information content (AvgIpc) is 2.93. The van der Waals surface area contributed by atoms with Crippen LogP contribution in [0.3, 0.4) is 0 Å².